The topological polar surface area (TPSA) is 124 Å². The number of rotatable bonds is 10. The zero-order valence-electron chi connectivity index (χ0n) is 19.9. The molecule has 1 aromatic carbocycles. The van der Waals surface area contributed by atoms with Crippen molar-refractivity contribution in [2.24, 2.45) is 4.99 Å². The van der Waals surface area contributed by atoms with Crippen LogP contribution in [0.3, 0.4) is 0 Å². The molecule has 39 heavy (non-hydrogen) atoms. The predicted molar refractivity (Wildman–Crippen MR) is 126 cm³/mol. The Bertz CT molecular complexity index is 1210. The molecule has 0 aliphatic carbocycles. The van der Waals surface area contributed by atoms with Crippen LogP contribution in [0, 0.1) is 11.6 Å². The van der Waals surface area contributed by atoms with E-state index in [1.54, 1.807) is 0 Å². The number of benzene rings is 1. The van der Waals surface area contributed by atoms with Gasteiger partial charge in [-0.05, 0) is 24.9 Å². The molecule has 2 fully saturated rings. The van der Waals surface area contributed by atoms with Crippen LogP contribution >= 0.6 is 11.6 Å². The van der Waals surface area contributed by atoms with Crippen LogP contribution in [0.15, 0.2) is 23.2 Å². The van der Waals surface area contributed by atoms with E-state index in [0.717, 1.165) is 0 Å². The fourth-order valence-corrected chi connectivity index (χ4v) is 4.13. The van der Waals surface area contributed by atoms with Gasteiger partial charge in [-0.15, -0.1) is 0 Å². The van der Waals surface area contributed by atoms with Gasteiger partial charge in [0.25, 0.3) is 5.91 Å². The average molecular weight is 581 g/mol. The summed E-state index contributed by atoms with van der Waals surface area (Å²) in [6.07, 6.45) is -6.68. The van der Waals surface area contributed by atoms with Crippen LogP contribution in [-0.2, 0) is 20.8 Å². The molecule has 2 aliphatic rings. The highest BCUT2D eigenvalue weighted by molar-refractivity contribution is 6.32. The lowest BCUT2D eigenvalue weighted by Crippen LogP contribution is -2.33. The number of aliphatic imine (C=N–C) groups is 1. The number of anilines is 1. The Labute approximate surface area is 223 Å². The largest absolute Gasteiger partial charge is 0.471 e. The number of alkyl halides is 3. The number of nitrogens with one attached hydrogen (secondary N) is 2. The maximum absolute atomic E-state index is 14.5. The van der Waals surface area contributed by atoms with Crippen LogP contribution < -0.4 is 15.4 Å². The quantitative estimate of drug-likeness (QED) is 0.223. The van der Waals surface area contributed by atoms with E-state index in [0.29, 0.717) is 17.8 Å². The first-order valence-corrected chi connectivity index (χ1v) is 11.7. The Morgan fingerprint density at radius 2 is 1.90 bits per heavy atom. The zero-order valence-corrected chi connectivity index (χ0v) is 20.7. The van der Waals surface area contributed by atoms with Crippen LogP contribution in [0.25, 0.3) is 0 Å². The molecule has 212 valence electrons. The number of aliphatic hydroxyl groups is 1. The molecular weight excluding hydrogens is 559 g/mol. The van der Waals surface area contributed by atoms with Gasteiger partial charge in [-0.25, -0.2) is 13.8 Å². The number of nitrogens with zero attached hydrogens (tertiary/aromatic N) is 2. The van der Waals surface area contributed by atoms with E-state index in [4.69, 9.17) is 30.5 Å². The third-order valence-corrected chi connectivity index (χ3v) is 6.09. The molecule has 3 N–H and O–H groups in total. The number of carbonyl (C=O) groups excluding carboxylic acids is 1. The number of fused-ring (bicyclic) bond motifs is 1. The fourth-order valence-electron chi connectivity index (χ4n) is 3.92. The Morgan fingerprint density at radius 3 is 2.56 bits per heavy atom. The van der Waals surface area contributed by atoms with E-state index < -0.39 is 72.4 Å². The summed E-state index contributed by atoms with van der Waals surface area (Å²) in [5, 5.41) is 14.2. The van der Waals surface area contributed by atoms with E-state index >= 15 is 0 Å². The highest BCUT2D eigenvalue weighted by Crippen LogP contribution is 2.34. The summed E-state index contributed by atoms with van der Waals surface area (Å²) in [6.45, 7) is 1.41. The summed E-state index contributed by atoms with van der Waals surface area (Å²) in [4.78, 5) is 19.6. The number of hydrogen-bond donors (Lipinski definition) is 3. The summed E-state index contributed by atoms with van der Waals surface area (Å²) in [5.74, 6) is -3.96. The smallest absolute Gasteiger partial charge is 0.405 e. The van der Waals surface area contributed by atoms with E-state index in [1.807, 2.05) is 0 Å². The number of hydrogen-bond acceptors (Lipinski definition) is 9. The number of aliphatic hydroxyl groups excluding tert-OH is 1. The first-order valence-electron chi connectivity index (χ1n) is 11.4. The van der Waals surface area contributed by atoms with Gasteiger partial charge < -0.3 is 34.7 Å². The lowest BCUT2D eigenvalue weighted by molar-refractivity contribution is -0.123. The Kier molecular flexibility index (Phi) is 8.86. The van der Waals surface area contributed by atoms with Crippen molar-refractivity contribution >= 4 is 35.7 Å². The van der Waals surface area contributed by atoms with Crippen molar-refractivity contribution in [2.45, 2.75) is 37.2 Å². The second kappa shape index (κ2) is 12.0. The molecule has 1 amide bonds. The van der Waals surface area contributed by atoms with Gasteiger partial charge in [-0.2, -0.15) is 18.2 Å². The van der Waals surface area contributed by atoms with Gasteiger partial charge >= 0.3 is 6.18 Å². The number of aromatic nitrogens is 1. The monoisotopic (exact) mass is 580 g/mol. The number of amides is 1. The molecule has 10 nitrogen and oxygen atoms in total. The summed E-state index contributed by atoms with van der Waals surface area (Å²) in [6, 6.07) is 2.55. The molecule has 0 bridgehead atoms. The van der Waals surface area contributed by atoms with E-state index in [1.165, 1.54) is 11.4 Å². The Balaban J connectivity index is 1.37. The van der Waals surface area contributed by atoms with Crippen LogP contribution in [0.5, 0.6) is 5.88 Å². The molecule has 0 saturated carbocycles. The van der Waals surface area contributed by atoms with Gasteiger partial charge in [0.15, 0.2) is 5.82 Å². The number of halogens is 6. The second-order valence-electron chi connectivity index (χ2n) is 8.50. The first kappa shape index (κ1) is 28.9. The number of carbonyl (C=O) groups is 1. The maximum Gasteiger partial charge on any atom is 0.405 e. The van der Waals surface area contributed by atoms with Gasteiger partial charge in [-0.1, -0.05) is 11.6 Å². The van der Waals surface area contributed by atoms with Crippen molar-refractivity contribution in [2.75, 3.05) is 31.8 Å². The second-order valence-corrected chi connectivity index (χ2v) is 8.91. The van der Waals surface area contributed by atoms with Gasteiger partial charge in [0.05, 0.1) is 24.5 Å². The molecule has 1 unspecified atom stereocenters. The van der Waals surface area contributed by atoms with Gasteiger partial charge in [0.1, 0.15) is 61.0 Å². The summed E-state index contributed by atoms with van der Waals surface area (Å²) in [7, 11) is 0. The predicted octanol–water partition coefficient (Wildman–Crippen LogP) is 3.13. The highest BCUT2D eigenvalue weighted by atomic mass is 35.5. The molecule has 0 radical (unpaired) electrons. The molecule has 0 spiro atoms. The lowest BCUT2D eigenvalue weighted by atomic mass is 10.1. The molecule has 1 aromatic heterocycles. The van der Waals surface area contributed by atoms with Crippen molar-refractivity contribution in [3.8, 4) is 5.88 Å². The number of pyridine rings is 1. The average Bonchev–Trinajstić information content (AvgIpc) is 3.45. The van der Waals surface area contributed by atoms with Gasteiger partial charge in [-0.3, -0.25) is 4.79 Å². The lowest BCUT2D eigenvalue weighted by Gasteiger charge is -2.18. The minimum atomic E-state index is -4.69. The third kappa shape index (κ3) is 6.91. The zero-order chi connectivity index (χ0) is 28.3. The Morgan fingerprint density at radius 1 is 1.21 bits per heavy atom. The van der Waals surface area contributed by atoms with Gasteiger partial charge in [0.2, 0.25) is 5.88 Å². The van der Waals surface area contributed by atoms with Crippen molar-refractivity contribution < 1.29 is 50.8 Å². The molecule has 2 aliphatic heterocycles. The molecule has 2 aromatic rings. The van der Waals surface area contributed by atoms with E-state index in [9.17, 15) is 31.9 Å². The van der Waals surface area contributed by atoms with Crippen LogP contribution in [0.1, 0.15) is 15.9 Å². The highest BCUT2D eigenvalue weighted by Gasteiger charge is 2.47. The fraction of sp³-hybridized carbons (Fsp3) is 0.435. The molecule has 16 heteroatoms. The molecule has 4 atom stereocenters. The molecule has 4 rings (SSSR count). The Hall–Kier alpha value is -3.11. The van der Waals surface area contributed by atoms with E-state index in [-0.39, 0.29) is 36.7 Å². The van der Waals surface area contributed by atoms with Crippen molar-refractivity contribution in [3.63, 3.8) is 0 Å². The number of ether oxygens (including phenoxy) is 4. The molecular formula is C23H22ClF5N4O6. The van der Waals surface area contributed by atoms with Crippen LogP contribution in [0.4, 0.5) is 33.5 Å². The minimum absolute atomic E-state index is 0.0310. The molecule has 3 heterocycles. The summed E-state index contributed by atoms with van der Waals surface area (Å²) in [5.41, 5.74) is -0.947. The summed E-state index contributed by atoms with van der Waals surface area (Å²) < 4.78 is 87.8. The van der Waals surface area contributed by atoms with Crippen molar-refractivity contribution in [1.82, 2.24) is 10.3 Å². The van der Waals surface area contributed by atoms with E-state index in [2.05, 4.69) is 22.0 Å². The summed E-state index contributed by atoms with van der Waals surface area (Å²) >= 11 is 6.21. The standard InChI is InChI=1S/C23H22ClF5N4O6/c1-30-20-15(32-9-39-17-7-37-18-16(34)6-36-19(17)18)4-12(24)22(33-20)38-5-11-13(25)2-10(3-14(11)26)21(35)31-8-23(27,28)29/h2-4,16-19,32,34H,1,5-9H2,(H,31,35)/t16-,17-,18?,19-/m1/s1. The van der Waals surface area contributed by atoms with Crippen LogP contribution in [0.2, 0.25) is 5.02 Å². The molecule has 2 saturated heterocycles. The SMILES string of the molecule is C=Nc1nc(OCc2c(F)cc(C(=O)NCC(F)(F)F)cc2F)c(Cl)cc1NCO[C@@H]1COC2[C@H](O)CO[C@@H]21. The van der Waals surface area contributed by atoms with Gasteiger partial charge in [0, 0.05) is 5.56 Å². The van der Waals surface area contributed by atoms with Crippen molar-refractivity contribution in [3.05, 3.63) is 46.0 Å². The van der Waals surface area contributed by atoms with Crippen molar-refractivity contribution in [1.29, 1.82) is 0 Å². The first-order chi connectivity index (χ1) is 18.5. The normalized spacial score (nSPS) is 22.4. The van der Waals surface area contributed by atoms with Crippen LogP contribution in [-0.4, -0.2) is 79.8 Å². The third-order valence-electron chi connectivity index (χ3n) is 5.82. The minimum Gasteiger partial charge on any atom is -0.471 e. The maximum atomic E-state index is 14.5.